The number of piperidine rings is 1. The average Bonchev–Trinajstić information content (AvgIpc) is 3.15. The summed E-state index contributed by atoms with van der Waals surface area (Å²) in [5.41, 5.74) is 1.96. The van der Waals surface area contributed by atoms with Gasteiger partial charge in [0.05, 0.1) is 11.0 Å². The number of fused-ring (bicyclic) bond motifs is 1. The van der Waals surface area contributed by atoms with Gasteiger partial charge >= 0.3 is 0 Å². The van der Waals surface area contributed by atoms with E-state index in [4.69, 9.17) is 4.98 Å². The summed E-state index contributed by atoms with van der Waals surface area (Å²) < 4.78 is 2.28. The number of aromatic nitrogens is 3. The lowest BCUT2D eigenvalue weighted by molar-refractivity contribution is 0.328. The average molecular weight is 284 g/mol. The van der Waals surface area contributed by atoms with E-state index >= 15 is 0 Å². The largest absolute Gasteiger partial charge is 0.297 e. The second kappa shape index (κ2) is 5.00. The van der Waals surface area contributed by atoms with Crippen molar-refractivity contribution in [1.29, 1.82) is 0 Å². The molecule has 4 heterocycles. The van der Waals surface area contributed by atoms with Gasteiger partial charge in [-0.1, -0.05) is 6.07 Å². The van der Waals surface area contributed by atoms with Crippen LogP contribution in [0.1, 0.15) is 25.4 Å². The first-order valence-electron chi connectivity index (χ1n) is 7.04. The van der Waals surface area contributed by atoms with Crippen LogP contribution >= 0.6 is 11.3 Å². The molecule has 102 valence electrons. The molecule has 1 saturated heterocycles. The fourth-order valence-corrected chi connectivity index (χ4v) is 3.57. The van der Waals surface area contributed by atoms with Crippen molar-refractivity contribution in [2.75, 3.05) is 6.54 Å². The van der Waals surface area contributed by atoms with Gasteiger partial charge < -0.3 is 0 Å². The molecule has 0 aliphatic carbocycles. The molecule has 1 atom stereocenters. The Kier molecular flexibility index (Phi) is 3.01. The molecule has 1 aliphatic heterocycles. The van der Waals surface area contributed by atoms with Crippen LogP contribution in [0.3, 0.4) is 0 Å². The van der Waals surface area contributed by atoms with Crippen molar-refractivity contribution >= 4 is 22.5 Å². The number of hydrogen-bond acceptors (Lipinski definition) is 4. The molecule has 0 aromatic carbocycles. The number of hydrogen-bond donors (Lipinski definition) is 1. The molecule has 3 aromatic heterocycles. The van der Waals surface area contributed by atoms with Crippen LogP contribution < -0.4 is 5.32 Å². The van der Waals surface area contributed by atoms with Crippen LogP contribution in [0.2, 0.25) is 0 Å². The molecular formula is C15H16N4S. The normalized spacial score (nSPS) is 19.5. The van der Waals surface area contributed by atoms with Crippen LogP contribution in [0.4, 0.5) is 0 Å². The van der Waals surface area contributed by atoms with Gasteiger partial charge in [0, 0.05) is 6.20 Å². The summed E-state index contributed by atoms with van der Waals surface area (Å²) in [5.74, 6) is 1.04. The van der Waals surface area contributed by atoms with Gasteiger partial charge in [0.25, 0.3) is 0 Å². The molecule has 5 heteroatoms. The Hall–Kier alpha value is -1.72. The summed E-state index contributed by atoms with van der Waals surface area (Å²) in [6, 6.07) is 8.20. The predicted octanol–water partition coefficient (Wildman–Crippen LogP) is 3.43. The Morgan fingerprint density at radius 2 is 2.25 bits per heavy atom. The van der Waals surface area contributed by atoms with Gasteiger partial charge in [-0.2, -0.15) is 0 Å². The minimum atomic E-state index is 0.306. The lowest BCUT2D eigenvalue weighted by Crippen LogP contribution is -2.31. The number of pyridine rings is 1. The fraction of sp³-hybridized carbons (Fsp3) is 0.333. The Bertz CT molecular complexity index is 711. The molecule has 4 nitrogen and oxygen atoms in total. The Balaban J connectivity index is 1.93. The first-order valence-corrected chi connectivity index (χ1v) is 7.92. The zero-order valence-electron chi connectivity index (χ0n) is 11.1. The van der Waals surface area contributed by atoms with E-state index < -0.39 is 0 Å². The summed E-state index contributed by atoms with van der Waals surface area (Å²) in [7, 11) is 0. The molecule has 1 N–H and O–H groups in total. The van der Waals surface area contributed by atoms with Crippen LogP contribution in [-0.2, 0) is 0 Å². The van der Waals surface area contributed by atoms with E-state index in [9.17, 15) is 0 Å². The minimum Gasteiger partial charge on any atom is -0.297 e. The van der Waals surface area contributed by atoms with Crippen molar-refractivity contribution in [2.45, 2.75) is 25.4 Å². The number of imidazole rings is 1. The first-order chi connectivity index (χ1) is 9.93. The van der Waals surface area contributed by atoms with Crippen LogP contribution in [0.5, 0.6) is 0 Å². The highest BCUT2D eigenvalue weighted by Gasteiger charge is 2.22. The predicted molar refractivity (Wildman–Crippen MR) is 81.7 cm³/mol. The van der Waals surface area contributed by atoms with Crippen LogP contribution in [-0.4, -0.2) is 21.1 Å². The van der Waals surface area contributed by atoms with Gasteiger partial charge in [-0.05, 0) is 49.4 Å². The third kappa shape index (κ3) is 1.94. The highest BCUT2D eigenvalue weighted by atomic mass is 32.1. The van der Waals surface area contributed by atoms with E-state index in [1.54, 1.807) is 11.3 Å². The molecule has 0 radical (unpaired) electrons. The number of nitrogens with zero attached hydrogens (tertiary/aromatic N) is 3. The molecule has 1 unspecified atom stereocenters. The monoisotopic (exact) mass is 284 g/mol. The van der Waals surface area contributed by atoms with Gasteiger partial charge in [0.1, 0.15) is 5.52 Å². The van der Waals surface area contributed by atoms with Gasteiger partial charge in [0.2, 0.25) is 0 Å². The number of thiophene rings is 1. The molecule has 3 aromatic rings. The van der Waals surface area contributed by atoms with Gasteiger partial charge in [-0.3, -0.25) is 9.88 Å². The maximum absolute atomic E-state index is 4.80. The second-order valence-corrected chi connectivity index (χ2v) is 6.04. The second-order valence-electron chi connectivity index (χ2n) is 5.09. The Labute approximate surface area is 121 Å². The maximum atomic E-state index is 4.80. The number of nitrogens with one attached hydrogen (secondary N) is 1. The zero-order valence-corrected chi connectivity index (χ0v) is 11.9. The van der Waals surface area contributed by atoms with E-state index in [1.807, 2.05) is 18.3 Å². The van der Waals surface area contributed by atoms with Crippen molar-refractivity contribution in [3.05, 3.63) is 35.8 Å². The Morgan fingerprint density at radius 1 is 1.25 bits per heavy atom. The van der Waals surface area contributed by atoms with Gasteiger partial charge in [-0.25, -0.2) is 9.97 Å². The lowest BCUT2D eigenvalue weighted by atomic mass is 10.1. The summed E-state index contributed by atoms with van der Waals surface area (Å²) in [6.45, 7) is 1.07. The smallest absolute Gasteiger partial charge is 0.161 e. The third-order valence-corrected chi connectivity index (χ3v) is 4.65. The lowest BCUT2D eigenvalue weighted by Gasteiger charge is -2.26. The van der Waals surface area contributed by atoms with E-state index in [1.165, 1.54) is 17.7 Å². The van der Waals surface area contributed by atoms with E-state index in [-0.39, 0.29) is 0 Å². The molecule has 1 fully saturated rings. The van der Waals surface area contributed by atoms with Crippen molar-refractivity contribution < 1.29 is 0 Å². The standard InChI is InChI=1S/C15H16N4S/c1-2-8-16-13(7-1)19-14-11(5-3-9-17-14)18-15(19)12-6-4-10-20-12/h3-6,9-10,13,16H,1-2,7-8H2. The first kappa shape index (κ1) is 12.1. The molecule has 0 amide bonds. The fourth-order valence-electron chi connectivity index (χ4n) is 2.86. The molecule has 0 spiro atoms. The summed E-state index contributed by atoms with van der Waals surface area (Å²) in [4.78, 5) is 10.6. The molecular weight excluding hydrogens is 268 g/mol. The van der Waals surface area contributed by atoms with Crippen LogP contribution in [0.15, 0.2) is 35.8 Å². The molecule has 4 rings (SSSR count). The van der Waals surface area contributed by atoms with E-state index in [2.05, 4.69) is 32.4 Å². The van der Waals surface area contributed by atoms with Crippen molar-refractivity contribution in [2.24, 2.45) is 0 Å². The van der Waals surface area contributed by atoms with Crippen LogP contribution in [0, 0.1) is 0 Å². The highest BCUT2D eigenvalue weighted by molar-refractivity contribution is 7.13. The van der Waals surface area contributed by atoms with Crippen LogP contribution in [0.25, 0.3) is 21.9 Å². The minimum absolute atomic E-state index is 0.306. The third-order valence-electron chi connectivity index (χ3n) is 3.79. The topological polar surface area (TPSA) is 42.7 Å². The summed E-state index contributed by atoms with van der Waals surface area (Å²) in [5, 5.41) is 5.70. The maximum Gasteiger partial charge on any atom is 0.161 e. The summed E-state index contributed by atoms with van der Waals surface area (Å²) in [6.07, 6.45) is 5.81. The molecule has 0 bridgehead atoms. The van der Waals surface area contributed by atoms with E-state index in [0.29, 0.717) is 6.17 Å². The number of rotatable bonds is 2. The quantitative estimate of drug-likeness (QED) is 0.784. The molecule has 20 heavy (non-hydrogen) atoms. The van der Waals surface area contributed by atoms with E-state index in [0.717, 1.165) is 30.0 Å². The van der Waals surface area contributed by atoms with Gasteiger partial charge in [0.15, 0.2) is 11.5 Å². The van der Waals surface area contributed by atoms with Gasteiger partial charge in [-0.15, -0.1) is 11.3 Å². The molecule has 1 aliphatic rings. The van der Waals surface area contributed by atoms with Crippen molar-refractivity contribution in [3.8, 4) is 10.7 Å². The SMILES string of the molecule is c1csc(-c2nc3cccnc3n2C2CCCCN2)c1. The highest BCUT2D eigenvalue weighted by Crippen LogP contribution is 2.31. The van der Waals surface area contributed by atoms with Crippen molar-refractivity contribution in [1.82, 2.24) is 19.9 Å². The van der Waals surface area contributed by atoms with Crippen molar-refractivity contribution in [3.63, 3.8) is 0 Å². The Morgan fingerprint density at radius 3 is 3.05 bits per heavy atom. The zero-order chi connectivity index (χ0) is 13.4. The summed E-state index contributed by atoms with van der Waals surface area (Å²) >= 11 is 1.73. The molecule has 0 saturated carbocycles.